The Morgan fingerprint density at radius 3 is 2.39 bits per heavy atom. The molecule has 3 fully saturated rings. The van der Waals surface area contributed by atoms with E-state index in [1.54, 1.807) is 4.90 Å². The second-order valence-corrected chi connectivity index (χ2v) is 11.6. The van der Waals surface area contributed by atoms with Crippen LogP contribution in [0, 0.1) is 0 Å². The molecule has 0 bridgehead atoms. The Balaban J connectivity index is 1.15. The van der Waals surface area contributed by atoms with E-state index in [-0.39, 0.29) is 17.6 Å². The van der Waals surface area contributed by atoms with Gasteiger partial charge in [0.2, 0.25) is 0 Å². The van der Waals surface area contributed by atoms with Gasteiger partial charge >= 0.3 is 6.09 Å². The molecule has 1 aromatic carbocycles. The number of carbonyl (C=O) groups is 1. The van der Waals surface area contributed by atoms with E-state index in [1.807, 2.05) is 6.20 Å². The molecule has 5 heterocycles. The first kappa shape index (κ1) is 25.2. The third kappa shape index (κ3) is 4.87. The Bertz CT molecular complexity index is 1270. The lowest BCUT2D eigenvalue weighted by molar-refractivity contribution is -0.104. The molecule has 0 unspecified atom stereocenters. The van der Waals surface area contributed by atoms with Crippen LogP contribution in [0.25, 0.3) is 22.3 Å². The minimum atomic E-state index is -0.232. The summed E-state index contributed by atoms with van der Waals surface area (Å²) in [7, 11) is 0. The number of pyridine rings is 1. The number of carbonyl (C=O) groups excluding carboxylic acids is 1. The van der Waals surface area contributed by atoms with Crippen LogP contribution in [0.2, 0.25) is 0 Å². The van der Waals surface area contributed by atoms with Crippen LogP contribution in [-0.2, 0) is 14.9 Å². The van der Waals surface area contributed by atoms with E-state index in [1.165, 1.54) is 24.0 Å². The van der Waals surface area contributed by atoms with E-state index < -0.39 is 0 Å². The number of hydrogen-bond donors (Lipinski definition) is 1. The van der Waals surface area contributed by atoms with Gasteiger partial charge in [0, 0.05) is 55.2 Å². The number of piperidine rings is 1. The number of fused-ring (bicyclic) bond motifs is 1. The van der Waals surface area contributed by atoms with Crippen LogP contribution in [0.5, 0.6) is 0 Å². The van der Waals surface area contributed by atoms with Crippen molar-refractivity contribution < 1.29 is 14.3 Å². The lowest BCUT2D eigenvalue weighted by atomic mass is 9.74. The van der Waals surface area contributed by atoms with Crippen molar-refractivity contribution in [2.75, 3.05) is 57.4 Å². The number of ether oxygens (including phenoxy) is 2. The molecule has 0 aliphatic carbocycles. The summed E-state index contributed by atoms with van der Waals surface area (Å²) in [6, 6.07) is 14.0. The zero-order chi connectivity index (χ0) is 26.3. The number of nitrogens with one attached hydrogen (secondary N) is 1. The second kappa shape index (κ2) is 10.2. The van der Waals surface area contributed by atoms with Gasteiger partial charge in [-0.3, -0.25) is 0 Å². The number of amides is 1. The van der Waals surface area contributed by atoms with Gasteiger partial charge in [-0.15, -0.1) is 0 Å². The normalized spacial score (nSPS) is 20.6. The average Bonchev–Trinajstić information content (AvgIpc) is 3.36. The maximum atomic E-state index is 12.4. The van der Waals surface area contributed by atoms with Crippen molar-refractivity contribution in [3.05, 3.63) is 48.2 Å². The molecule has 0 saturated carbocycles. The number of piperazine rings is 1. The van der Waals surface area contributed by atoms with E-state index in [0.717, 1.165) is 48.6 Å². The van der Waals surface area contributed by atoms with Crippen molar-refractivity contribution in [3.8, 4) is 11.3 Å². The Labute approximate surface area is 224 Å². The van der Waals surface area contributed by atoms with E-state index >= 15 is 0 Å². The highest BCUT2D eigenvalue weighted by atomic mass is 16.6. The number of aromatic nitrogens is 2. The molecule has 3 aromatic rings. The molecule has 3 saturated heterocycles. The first-order valence-electron chi connectivity index (χ1n) is 14.0. The number of hydrogen-bond acceptors (Lipinski definition) is 6. The van der Waals surface area contributed by atoms with Crippen molar-refractivity contribution in [1.82, 2.24) is 19.8 Å². The fourth-order valence-electron chi connectivity index (χ4n) is 5.95. The maximum Gasteiger partial charge on any atom is 0.410 e. The molecule has 202 valence electrons. The van der Waals surface area contributed by atoms with Crippen LogP contribution < -0.4 is 4.90 Å². The molecule has 0 atom stereocenters. The largest absolute Gasteiger partial charge is 0.441 e. The molecule has 0 spiro atoms. The Kier molecular flexibility index (Phi) is 6.78. The quantitative estimate of drug-likeness (QED) is 0.531. The van der Waals surface area contributed by atoms with Crippen LogP contribution in [0.15, 0.2) is 42.6 Å². The van der Waals surface area contributed by atoms with Gasteiger partial charge in [0.05, 0.1) is 13.2 Å². The minimum Gasteiger partial charge on any atom is -0.441 e. The maximum absolute atomic E-state index is 12.4. The zero-order valence-electron chi connectivity index (χ0n) is 22.8. The summed E-state index contributed by atoms with van der Waals surface area (Å²) < 4.78 is 10.6. The Morgan fingerprint density at radius 1 is 1.05 bits per heavy atom. The topological polar surface area (TPSA) is 73.9 Å². The van der Waals surface area contributed by atoms with Gasteiger partial charge in [-0.1, -0.05) is 31.2 Å². The molecule has 3 aliphatic rings. The number of H-pyrrole nitrogens is 1. The number of rotatable bonds is 5. The molecular weight excluding hydrogens is 478 g/mol. The summed E-state index contributed by atoms with van der Waals surface area (Å²) in [5, 5.41) is 1.11. The summed E-state index contributed by atoms with van der Waals surface area (Å²) in [5.74, 6) is 0. The summed E-state index contributed by atoms with van der Waals surface area (Å²) in [4.78, 5) is 27.3. The predicted octanol–water partition coefficient (Wildman–Crippen LogP) is 4.65. The van der Waals surface area contributed by atoms with Crippen molar-refractivity contribution >= 4 is 22.8 Å². The van der Waals surface area contributed by atoms with Gasteiger partial charge in [0.15, 0.2) is 6.10 Å². The van der Waals surface area contributed by atoms with E-state index in [0.29, 0.717) is 32.3 Å². The first-order valence-corrected chi connectivity index (χ1v) is 14.0. The van der Waals surface area contributed by atoms with Crippen LogP contribution in [0.1, 0.15) is 39.2 Å². The van der Waals surface area contributed by atoms with Crippen LogP contribution >= 0.6 is 0 Å². The van der Waals surface area contributed by atoms with Gasteiger partial charge in [0.25, 0.3) is 0 Å². The number of likely N-dealkylation sites (tertiary alicyclic amines) is 1. The van der Waals surface area contributed by atoms with Gasteiger partial charge in [-0.2, -0.15) is 0 Å². The predicted molar refractivity (Wildman–Crippen MR) is 150 cm³/mol. The molecule has 8 heteroatoms. The molecule has 8 nitrogen and oxygen atoms in total. The molecule has 6 rings (SSSR count). The summed E-state index contributed by atoms with van der Waals surface area (Å²) >= 11 is 0. The third-order valence-corrected chi connectivity index (χ3v) is 8.79. The molecule has 3 aliphatic heterocycles. The molecule has 1 N–H and O–H groups in total. The Hall–Kier alpha value is -3.10. The molecular formula is C30H39N5O3. The number of anilines is 1. The fourth-order valence-corrected chi connectivity index (χ4v) is 5.95. The minimum absolute atomic E-state index is 0.0894. The lowest BCUT2D eigenvalue weighted by Crippen LogP contribution is -2.51. The fraction of sp³-hybridized carbons (Fsp3) is 0.533. The third-order valence-electron chi connectivity index (χ3n) is 8.79. The number of nitrogens with zero attached hydrogens (tertiary/aromatic N) is 4. The standard InChI is InChI=1S/C30H39N5O3/c1-21(2)33-12-9-30(3,10-13-33)23-6-4-22(5-7-23)26-18-25-27(8-11-31-28(25)32-26)34-14-16-35(17-15-34)29(36)38-24-19-37-20-24/h4-8,11,18,21,24H,9-10,12-17,19-20H2,1-3H3,(H,31,32). The van der Waals surface area contributed by atoms with Gasteiger partial charge in [0.1, 0.15) is 5.65 Å². The van der Waals surface area contributed by atoms with Crippen molar-refractivity contribution in [2.45, 2.75) is 51.2 Å². The van der Waals surface area contributed by atoms with E-state index in [2.05, 4.69) is 76.9 Å². The summed E-state index contributed by atoms with van der Waals surface area (Å²) in [5.41, 5.74) is 5.96. The molecule has 0 radical (unpaired) electrons. The van der Waals surface area contributed by atoms with Gasteiger partial charge in [-0.25, -0.2) is 9.78 Å². The lowest BCUT2D eigenvalue weighted by Gasteiger charge is -2.41. The molecule has 2 aromatic heterocycles. The highest BCUT2D eigenvalue weighted by molar-refractivity contribution is 5.94. The highest BCUT2D eigenvalue weighted by Crippen LogP contribution is 2.37. The molecule has 38 heavy (non-hydrogen) atoms. The number of benzene rings is 1. The monoisotopic (exact) mass is 517 g/mol. The SMILES string of the molecule is CC(C)N1CCC(C)(c2ccc(-c3cc4c(N5CCN(C(=O)OC6COC6)CC5)ccnc4[nH]3)cc2)CC1. The van der Waals surface area contributed by atoms with Crippen LogP contribution in [0.3, 0.4) is 0 Å². The zero-order valence-corrected chi connectivity index (χ0v) is 22.8. The van der Waals surface area contributed by atoms with Crippen molar-refractivity contribution in [1.29, 1.82) is 0 Å². The van der Waals surface area contributed by atoms with Gasteiger partial charge in [-0.05, 0) is 68.5 Å². The first-order chi connectivity index (χ1) is 18.4. The smallest absolute Gasteiger partial charge is 0.410 e. The van der Waals surface area contributed by atoms with Gasteiger partial charge < -0.3 is 29.2 Å². The van der Waals surface area contributed by atoms with Crippen LogP contribution in [-0.4, -0.2) is 90.5 Å². The van der Waals surface area contributed by atoms with E-state index in [9.17, 15) is 4.79 Å². The van der Waals surface area contributed by atoms with Crippen molar-refractivity contribution in [3.63, 3.8) is 0 Å². The van der Waals surface area contributed by atoms with Crippen molar-refractivity contribution in [2.24, 2.45) is 0 Å². The highest BCUT2D eigenvalue weighted by Gasteiger charge is 2.32. The second-order valence-electron chi connectivity index (χ2n) is 11.6. The summed E-state index contributed by atoms with van der Waals surface area (Å²) in [6.07, 6.45) is 3.94. The summed E-state index contributed by atoms with van der Waals surface area (Å²) in [6.45, 7) is 13.2. The van der Waals surface area contributed by atoms with E-state index in [4.69, 9.17) is 9.47 Å². The molecule has 1 amide bonds. The van der Waals surface area contributed by atoms with Crippen LogP contribution in [0.4, 0.5) is 10.5 Å². The Morgan fingerprint density at radius 2 is 1.76 bits per heavy atom. The average molecular weight is 518 g/mol. The number of aromatic amines is 1.